The Hall–Kier alpha value is -1.58. The Kier molecular flexibility index (Phi) is 14.0. The van der Waals surface area contributed by atoms with E-state index in [-0.39, 0.29) is 19.5 Å². The number of ether oxygens (including phenoxy) is 6. The molecule has 1 aliphatic carbocycles. The summed E-state index contributed by atoms with van der Waals surface area (Å²) < 4.78 is 49.1. The van der Waals surface area contributed by atoms with Gasteiger partial charge in [0.25, 0.3) is 5.91 Å². The average molecular weight is 700 g/mol. The molecule has 0 bridgehead atoms. The molecule has 0 aromatic carbocycles. The average Bonchev–Trinajstić information content (AvgIpc) is 3.37. The van der Waals surface area contributed by atoms with Gasteiger partial charge in [0.05, 0.1) is 30.8 Å². The zero-order chi connectivity index (χ0) is 35.4. The maximum Gasteiger partial charge on any atom is 0.252 e. The highest BCUT2D eigenvalue weighted by atomic mass is 19.1. The van der Waals surface area contributed by atoms with Crippen molar-refractivity contribution in [2.75, 3.05) is 26.2 Å². The molecule has 3 fully saturated rings. The molecule has 20 nitrogen and oxygen atoms in total. The van der Waals surface area contributed by atoms with Crippen LogP contribution in [0.15, 0.2) is 12.2 Å². The zero-order valence-corrected chi connectivity index (χ0v) is 26.0. The molecule has 278 valence electrons. The smallest absolute Gasteiger partial charge is 0.252 e. The number of alkyl halides is 1. The molecule has 3 heterocycles. The first-order valence-corrected chi connectivity index (χ1v) is 15.7. The molecule has 4 rings (SSSR count). The van der Waals surface area contributed by atoms with Crippen LogP contribution in [0.25, 0.3) is 0 Å². The van der Waals surface area contributed by atoms with Crippen LogP contribution < -0.4 is 39.7 Å². The van der Waals surface area contributed by atoms with Gasteiger partial charge in [0, 0.05) is 25.7 Å². The molecular weight excluding hydrogens is 649 g/mol. The van der Waals surface area contributed by atoms with E-state index in [0.29, 0.717) is 0 Å². The van der Waals surface area contributed by atoms with Gasteiger partial charge in [0.1, 0.15) is 61.1 Å². The summed E-state index contributed by atoms with van der Waals surface area (Å²) in [5.41, 5.74) is 35.2. The second-order valence-corrected chi connectivity index (χ2v) is 12.3. The number of nitrogens with two attached hydrogens (primary N) is 6. The first-order chi connectivity index (χ1) is 22.8. The summed E-state index contributed by atoms with van der Waals surface area (Å²) in [7, 11) is 0. The first-order valence-electron chi connectivity index (χ1n) is 15.7. The number of rotatable bonds is 13. The second-order valence-electron chi connectivity index (χ2n) is 12.3. The van der Waals surface area contributed by atoms with Crippen LogP contribution in [0.1, 0.15) is 6.42 Å². The lowest BCUT2D eigenvalue weighted by molar-refractivity contribution is -0.284. The number of hydrogen-bond donors (Lipinski definition) is 13. The number of amides is 1. The molecule has 48 heavy (non-hydrogen) atoms. The fourth-order valence-electron chi connectivity index (χ4n) is 6.05. The van der Waals surface area contributed by atoms with Gasteiger partial charge in [-0.2, -0.15) is 0 Å². The fourth-order valence-corrected chi connectivity index (χ4v) is 6.05. The van der Waals surface area contributed by atoms with Crippen molar-refractivity contribution in [1.29, 1.82) is 0 Å². The molecule has 4 aliphatic rings. The van der Waals surface area contributed by atoms with Crippen molar-refractivity contribution in [2.24, 2.45) is 34.4 Å². The Morgan fingerprint density at radius 2 is 1.48 bits per heavy atom. The number of carbonyl (C=O) groups excluding carboxylic acids is 1. The standard InChI is InChI=1S/C27H50FN7O13/c28-9(5-30)16(37)24(42)35-12-3-11(33)21(46-25-10(32)2-1-8(4-29)43-25)23(17(12)38)48-27-20(41)22(14(7-36)45-27)47-26-15(34)19(40)18(39)13(6-31)44-26/h1-2,8-23,25-27,36-41H,3-7,29-34H2,(H,35,42)/t8-,9-,10+,11-,12+,13-,14+,15+,16?,17-,18+,19+,20+,21+,22+,23+,25+,26+,27-/m0/s1. The van der Waals surface area contributed by atoms with E-state index in [2.05, 4.69) is 5.32 Å². The van der Waals surface area contributed by atoms with Gasteiger partial charge in [0.2, 0.25) is 0 Å². The largest absolute Gasteiger partial charge is 0.394 e. The second kappa shape index (κ2) is 17.1. The Morgan fingerprint density at radius 1 is 0.833 bits per heavy atom. The number of nitrogens with one attached hydrogen (secondary N) is 1. The molecule has 1 amide bonds. The van der Waals surface area contributed by atoms with Crippen molar-refractivity contribution in [2.45, 2.75) is 123 Å². The van der Waals surface area contributed by atoms with Crippen LogP contribution in [0.4, 0.5) is 4.39 Å². The van der Waals surface area contributed by atoms with E-state index in [0.717, 1.165) is 0 Å². The molecule has 0 radical (unpaired) electrons. The third-order valence-electron chi connectivity index (χ3n) is 8.91. The molecule has 3 aliphatic heterocycles. The third kappa shape index (κ3) is 8.47. The summed E-state index contributed by atoms with van der Waals surface area (Å²) in [6.07, 6.45) is -18.6. The van der Waals surface area contributed by atoms with Gasteiger partial charge in [0.15, 0.2) is 25.0 Å². The lowest BCUT2D eigenvalue weighted by Gasteiger charge is -2.46. The van der Waals surface area contributed by atoms with Crippen molar-refractivity contribution < 1.29 is 68.2 Å². The van der Waals surface area contributed by atoms with Crippen molar-refractivity contribution in [3.05, 3.63) is 12.2 Å². The van der Waals surface area contributed by atoms with Gasteiger partial charge < -0.3 is 98.8 Å². The molecular formula is C27H50FN7O13. The van der Waals surface area contributed by atoms with Crippen molar-refractivity contribution in [3.8, 4) is 0 Å². The number of halogens is 1. The molecule has 0 aromatic heterocycles. The summed E-state index contributed by atoms with van der Waals surface area (Å²) in [5.74, 6) is -1.17. The highest BCUT2D eigenvalue weighted by Gasteiger charge is 2.54. The normalized spacial score (nSPS) is 46.3. The molecule has 19 N–H and O–H groups in total. The van der Waals surface area contributed by atoms with Gasteiger partial charge >= 0.3 is 0 Å². The van der Waals surface area contributed by atoms with Crippen molar-refractivity contribution in [3.63, 3.8) is 0 Å². The van der Waals surface area contributed by atoms with Crippen LogP contribution >= 0.6 is 0 Å². The van der Waals surface area contributed by atoms with E-state index in [1.165, 1.54) is 0 Å². The van der Waals surface area contributed by atoms with E-state index in [1.807, 2.05) is 0 Å². The summed E-state index contributed by atoms with van der Waals surface area (Å²) in [6.45, 7) is -1.45. The Morgan fingerprint density at radius 3 is 2.10 bits per heavy atom. The highest BCUT2D eigenvalue weighted by Crippen LogP contribution is 2.34. The molecule has 21 heteroatoms. The number of carbonyl (C=O) groups is 1. The minimum Gasteiger partial charge on any atom is -0.394 e. The summed E-state index contributed by atoms with van der Waals surface area (Å²) in [5, 5.41) is 65.7. The van der Waals surface area contributed by atoms with Crippen molar-refractivity contribution >= 4 is 5.91 Å². The topological polar surface area (TPSA) is 362 Å². The van der Waals surface area contributed by atoms with Gasteiger partial charge in [-0.15, -0.1) is 0 Å². The van der Waals surface area contributed by atoms with Crippen LogP contribution in [-0.4, -0.2) is 179 Å². The van der Waals surface area contributed by atoms with Crippen LogP contribution in [-0.2, 0) is 33.2 Å². The number of aliphatic hydroxyl groups excluding tert-OH is 6. The number of hydrogen-bond acceptors (Lipinski definition) is 19. The number of aliphatic hydroxyl groups is 6. The summed E-state index contributed by atoms with van der Waals surface area (Å²) in [4.78, 5) is 12.6. The molecule has 2 saturated heterocycles. The van der Waals surface area contributed by atoms with E-state index >= 15 is 0 Å². The molecule has 0 spiro atoms. The van der Waals surface area contributed by atoms with Crippen molar-refractivity contribution in [1.82, 2.24) is 5.32 Å². The third-order valence-corrected chi connectivity index (χ3v) is 8.91. The van der Waals surface area contributed by atoms with Gasteiger partial charge in [-0.1, -0.05) is 12.2 Å². The van der Waals surface area contributed by atoms with Crippen LogP contribution in [0.5, 0.6) is 0 Å². The first kappa shape index (κ1) is 39.2. The minimum atomic E-state index is -2.14. The van der Waals surface area contributed by atoms with Crippen LogP contribution in [0.2, 0.25) is 0 Å². The Balaban J connectivity index is 1.56. The predicted molar refractivity (Wildman–Crippen MR) is 159 cm³/mol. The minimum absolute atomic E-state index is 0.0968. The zero-order valence-electron chi connectivity index (χ0n) is 26.0. The van der Waals surface area contributed by atoms with Gasteiger partial charge in [-0.25, -0.2) is 4.39 Å². The van der Waals surface area contributed by atoms with E-state index in [9.17, 15) is 39.8 Å². The van der Waals surface area contributed by atoms with Gasteiger partial charge in [-0.05, 0) is 6.42 Å². The maximum absolute atomic E-state index is 14.0. The fraction of sp³-hybridized carbons (Fsp3) is 0.889. The van der Waals surface area contributed by atoms with Gasteiger partial charge in [-0.3, -0.25) is 4.79 Å². The maximum atomic E-state index is 14.0. The van der Waals surface area contributed by atoms with Crippen LogP contribution in [0.3, 0.4) is 0 Å². The quantitative estimate of drug-likeness (QED) is 0.0793. The van der Waals surface area contributed by atoms with Crippen LogP contribution in [0, 0.1) is 0 Å². The lowest BCUT2D eigenvalue weighted by Crippen LogP contribution is -2.67. The Bertz CT molecular complexity index is 1070. The SMILES string of the molecule is NC[C@@H]1O[C@H](O[C@H]2[C@@H](O)[C@H](O[C@@H]3[C@@H](O)[C@H](NC(=O)C(O)[C@@H](F)CN)C[C@H](N)[C@H]3O[C@H]3O[C@H](CN)C=C[C@H]3N)O[C@@H]2CO)[C@H](N)[C@@H](O)[C@@H]1O. The summed E-state index contributed by atoms with van der Waals surface area (Å²) >= 11 is 0. The predicted octanol–water partition coefficient (Wildman–Crippen LogP) is -8.25. The molecule has 1 unspecified atom stereocenters. The lowest BCUT2D eigenvalue weighted by atomic mass is 9.83. The van der Waals surface area contributed by atoms with E-state index in [4.69, 9.17) is 62.8 Å². The molecule has 1 saturated carbocycles. The highest BCUT2D eigenvalue weighted by molar-refractivity contribution is 5.81. The molecule has 0 aromatic rings. The Labute approximate surface area is 275 Å². The molecule has 19 atom stereocenters. The monoisotopic (exact) mass is 699 g/mol. The van der Waals surface area contributed by atoms with E-state index < -0.39 is 135 Å². The summed E-state index contributed by atoms with van der Waals surface area (Å²) in [6, 6.07) is -4.34. The van der Waals surface area contributed by atoms with E-state index in [1.54, 1.807) is 12.2 Å².